The van der Waals surface area contributed by atoms with Gasteiger partial charge in [0.25, 0.3) is 0 Å². The maximum atomic E-state index is 11.9. The van der Waals surface area contributed by atoms with Gasteiger partial charge < -0.3 is 9.73 Å². The summed E-state index contributed by atoms with van der Waals surface area (Å²) in [5, 5.41) is 3.71. The molecule has 0 aliphatic carbocycles. The van der Waals surface area contributed by atoms with E-state index in [1.165, 1.54) is 6.08 Å². The van der Waals surface area contributed by atoms with Gasteiger partial charge in [0, 0.05) is 27.3 Å². The van der Waals surface area contributed by atoms with Crippen LogP contribution in [-0.2, 0) is 4.79 Å². The Kier molecular flexibility index (Phi) is 5.58. The Balaban J connectivity index is 1.69. The quantitative estimate of drug-likeness (QED) is 0.504. The fraction of sp³-hybridized carbons (Fsp3) is 0. The van der Waals surface area contributed by atoms with Crippen LogP contribution in [0.15, 0.2) is 63.6 Å². The van der Waals surface area contributed by atoms with Gasteiger partial charge in [0.05, 0.1) is 5.02 Å². The summed E-state index contributed by atoms with van der Waals surface area (Å²) in [6, 6.07) is 12.2. The molecule has 0 fully saturated rings. The molecule has 1 aromatic carbocycles. The number of hydrogen-bond acceptors (Lipinski definition) is 3. The van der Waals surface area contributed by atoms with Crippen LogP contribution in [-0.4, -0.2) is 10.9 Å². The monoisotopic (exact) mass is 436 g/mol. The van der Waals surface area contributed by atoms with Gasteiger partial charge in [0.15, 0.2) is 0 Å². The molecule has 126 valence electrons. The van der Waals surface area contributed by atoms with Gasteiger partial charge in [-0.1, -0.05) is 23.2 Å². The highest BCUT2D eigenvalue weighted by atomic mass is 79.9. The number of rotatable bonds is 4. The van der Waals surface area contributed by atoms with Crippen LogP contribution in [0.3, 0.4) is 0 Å². The number of amides is 1. The van der Waals surface area contributed by atoms with Gasteiger partial charge >= 0.3 is 0 Å². The summed E-state index contributed by atoms with van der Waals surface area (Å²) in [5.41, 5.74) is 0.731. The smallest absolute Gasteiger partial charge is 0.249 e. The Hall–Kier alpha value is -2.08. The van der Waals surface area contributed by atoms with Crippen LogP contribution in [0.25, 0.3) is 17.4 Å². The van der Waals surface area contributed by atoms with Crippen LogP contribution in [0, 0.1) is 0 Å². The first kappa shape index (κ1) is 17.7. The largest absolute Gasteiger partial charge is 0.457 e. The highest BCUT2D eigenvalue weighted by Crippen LogP contribution is 2.31. The molecule has 1 amide bonds. The zero-order valence-electron chi connectivity index (χ0n) is 12.7. The van der Waals surface area contributed by atoms with Crippen LogP contribution >= 0.6 is 39.1 Å². The summed E-state index contributed by atoms with van der Waals surface area (Å²) < 4.78 is 6.53. The lowest BCUT2D eigenvalue weighted by Gasteiger charge is -2.01. The van der Waals surface area contributed by atoms with E-state index in [2.05, 4.69) is 26.2 Å². The van der Waals surface area contributed by atoms with Crippen molar-refractivity contribution in [1.82, 2.24) is 4.98 Å². The van der Waals surface area contributed by atoms with Gasteiger partial charge in [-0.2, -0.15) is 0 Å². The number of carbonyl (C=O) groups excluding carboxylic acids is 1. The van der Waals surface area contributed by atoms with Crippen molar-refractivity contribution in [2.75, 3.05) is 5.32 Å². The fourth-order valence-electron chi connectivity index (χ4n) is 2.05. The highest BCUT2D eigenvalue weighted by Gasteiger charge is 2.08. The normalized spacial score (nSPS) is 11.0. The van der Waals surface area contributed by atoms with E-state index in [4.69, 9.17) is 27.6 Å². The molecule has 2 heterocycles. The Morgan fingerprint density at radius 3 is 2.72 bits per heavy atom. The number of nitrogens with one attached hydrogen (secondary N) is 1. The van der Waals surface area contributed by atoms with Crippen LogP contribution in [0.1, 0.15) is 5.76 Å². The lowest BCUT2D eigenvalue weighted by molar-refractivity contribution is -0.111. The molecule has 0 aliphatic rings. The van der Waals surface area contributed by atoms with Crippen molar-refractivity contribution in [2.24, 2.45) is 0 Å². The minimum absolute atomic E-state index is 0.308. The molecule has 0 aliphatic heterocycles. The van der Waals surface area contributed by atoms with E-state index in [9.17, 15) is 4.79 Å². The third-order valence-electron chi connectivity index (χ3n) is 3.20. The van der Waals surface area contributed by atoms with Gasteiger partial charge in [-0.3, -0.25) is 4.79 Å². The van der Waals surface area contributed by atoms with Crippen molar-refractivity contribution in [3.05, 3.63) is 75.0 Å². The van der Waals surface area contributed by atoms with Crippen molar-refractivity contribution in [3.63, 3.8) is 0 Å². The van der Waals surface area contributed by atoms with Crippen LogP contribution < -0.4 is 5.32 Å². The van der Waals surface area contributed by atoms with Gasteiger partial charge in [-0.15, -0.1) is 0 Å². The van der Waals surface area contributed by atoms with E-state index in [1.54, 1.807) is 54.7 Å². The third-order valence-corrected chi connectivity index (χ3v) is 4.22. The molecule has 7 heteroatoms. The first-order valence-electron chi connectivity index (χ1n) is 7.17. The molecule has 4 nitrogen and oxygen atoms in total. The molecule has 0 unspecified atom stereocenters. The van der Waals surface area contributed by atoms with Gasteiger partial charge in [-0.05, 0) is 64.5 Å². The second kappa shape index (κ2) is 7.87. The number of furan rings is 1. The standard InChI is InChI=1S/C18H11BrCl2N2O2/c19-11-1-7-17(22-10-11)23-18(24)8-4-13-3-6-16(25-13)14-5-2-12(20)9-15(14)21/h1-10H,(H,22,23,24). The first-order chi connectivity index (χ1) is 12.0. The van der Waals surface area contributed by atoms with Crippen molar-refractivity contribution in [3.8, 4) is 11.3 Å². The topological polar surface area (TPSA) is 55.1 Å². The van der Waals surface area contributed by atoms with Crippen LogP contribution in [0.4, 0.5) is 5.82 Å². The van der Waals surface area contributed by atoms with Gasteiger partial charge in [0.1, 0.15) is 17.3 Å². The Bertz CT molecular complexity index is 937. The van der Waals surface area contributed by atoms with Crippen molar-refractivity contribution in [1.29, 1.82) is 0 Å². The van der Waals surface area contributed by atoms with Crippen LogP contribution in [0.2, 0.25) is 10.0 Å². The second-order valence-electron chi connectivity index (χ2n) is 5.01. The second-order valence-corrected chi connectivity index (χ2v) is 6.77. The average molecular weight is 438 g/mol. The number of pyridine rings is 1. The van der Waals surface area contributed by atoms with E-state index < -0.39 is 0 Å². The average Bonchev–Trinajstić information content (AvgIpc) is 3.04. The summed E-state index contributed by atoms with van der Waals surface area (Å²) in [4.78, 5) is 16.0. The predicted molar refractivity (Wildman–Crippen MR) is 104 cm³/mol. The summed E-state index contributed by atoms with van der Waals surface area (Å²) in [6.45, 7) is 0. The minimum Gasteiger partial charge on any atom is -0.457 e. The van der Waals surface area contributed by atoms with Gasteiger partial charge in [0.2, 0.25) is 5.91 Å². The molecule has 0 radical (unpaired) electrons. The number of nitrogens with zero attached hydrogens (tertiary/aromatic N) is 1. The molecule has 0 bridgehead atoms. The maximum Gasteiger partial charge on any atom is 0.249 e. The zero-order valence-corrected chi connectivity index (χ0v) is 15.8. The van der Waals surface area contributed by atoms with Crippen molar-refractivity contribution >= 4 is 56.9 Å². The van der Waals surface area contributed by atoms with Gasteiger partial charge in [-0.25, -0.2) is 4.98 Å². The highest BCUT2D eigenvalue weighted by molar-refractivity contribution is 9.10. The Labute approximate surface area is 162 Å². The van der Waals surface area contributed by atoms with Crippen molar-refractivity contribution < 1.29 is 9.21 Å². The molecule has 3 aromatic rings. The molecular weight excluding hydrogens is 427 g/mol. The lowest BCUT2D eigenvalue weighted by Crippen LogP contribution is -2.08. The molecular formula is C18H11BrCl2N2O2. The number of halogens is 3. The number of aromatic nitrogens is 1. The molecule has 0 atom stereocenters. The summed E-state index contributed by atoms with van der Waals surface area (Å²) in [6.07, 6.45) is 4.55. The maximum absolute atomic E-state index is 11.9. The predicted octanol–water partition coefficient (Wildman–Crippen LogP) is 6.06. The van der Waals surface area contributed by atoms with E-state index in [1.807, 2.05) is 0 Å². The zero-order chi connectivity index (χ0) is 17.8. The number of hydrogen-bond donors (Lipinski definition) is 1. The summed E-state index contributed by atoms with van der Waals surface area (Å²) >= 11 is 15.3. The van der Waals surface area contributed by atoms with E-state index in [-0.39, 0.29) is 5.91 Å². The van der Waals surface area contributed by atoms with E-state index in [0.717, 1.165) is 10.0 Å². The number of anilines is 1. The molecule has 0 saturated carbocycles. The van der Waals surface area contributed by atoms with Crippen LogP contribution in [0.5, 0.6) is 0 Å². The Morgan fingerprint density at radius 2 is 2.00 bits per heavy atom. The number of benzene rings is 1. The van der Waals surface area contributed by atoms with E-state index >= 15 is 0 Å². The number of carbonyl (C=O) groups is 1. The molecule has 0 spiro atoms. The third kappa shape index (κ3) is 4.72. The SMILES string of the molecule is O=C(C=Cc1ccc(-c2ccc(Cl)cc2Cl)o1)Nc1ccc(Br)cn1. The molecule has 3 rings (SSSR count). The molecule has 2 aromatic heterocycles. The molecule has 25 heavy (non-hydrogen) atoms. The summed E-state index contributed by atoms with van der Waals surface area (Å²) in [7, 11) is 0. The first-order valence-corrected chi connectivity index (χ1v) is 8.72. The molecule has 0 saturated heterocycles. The van der Waals surface area contributed by atoms with E-state index in [0.29, 0.717) is 27.4 Å². The summed E-state index contributed by atoms with van der Waals surface area (Å²) in [5.74, 6) is 1.28. The minimum atomic E-state index is -0.308. The lowest BCUT2D eigenvalue weighted by atomic mass is 10.2. The van der Waals surface area contributed by atoms with Crippen molar-refractivity contribution in [2.45, 2.75) is 0 Å². The Morgan fingerprint density at radius 1 is 1.16 bits per heavy atom. The fourth-order valence-corrected chi connectivity index (χ4v) is 2.79. The molecule has 1 N–H and O–H groups in total.